The fraction of sp³-hybridized carbons (Fsp3) is 0.647. The molecule has 0 saturated carbocycles. The van der Waals surface area contributed by atoms with E-state index in [2.05, 4.69) is 35.8 Å². The Hall–Kier alpha value is -0.610. The number of piperazine rings is 1. The van der Waals surface area contributed by atoms with Crippen LogP contribution in [0.15, 0.2) is 24.3 Å². The first-order valence-corrected chi connectivity index (χ1v) is 8.28. The van der Waals surface area contributed by atoms with Crippen LogP contribution >= 0.6 is 11.6 Å². The summed E-state index contributed by atoms with van der Waals surface area (Å²) >= 11 is 5.94. The van der Waals surface area contributed by atoms with Crippen LogP contribution in [0.3, 0.4) is 0 Å². The summed E-state index contributed by atoms with van der Waals surface area (Å²) in [5.41, 5.74) is 1.31. The summed E-state index contributed by atoms with van der Waals surface area (Å²) in [6.45, 7) is 10.1. The number of halogens is 1. The third-order valence-electron chi connectivity index (χ3n) is 4.07. The van der Waals surface area contributed by atoms with E-state index in [4.69, 9.17) is 11.6 Å². The first-order chi connectivity index (χ1) is 10.1. The zero-order valence-corrected chi connectivity index (χ0v) is 13.9. The van der Waals surface area contributed by atoms with E-state index in [-0.39, 0.29) is 6.61 Å². The van der Waals surface area contributed by atoms with Crippen molar-refractivity contribution >= 4 is 11.6 Å². The quantitative estimate of drug-likeness (QED) is 0.875. The SMILES string of the molecule is CC(C)CN1CCN(Cc2ccc(Cl)cc2)C[C@H]1CCO. The minimum absolute atomic E-state index is 0.272. The van der Waals surface area contributed by atoms with Crippen LogP contribution in [-0.4, -0.2) is 53.7 Å². The summed E-state index contributed by atoms with van der Waals surface area (Å²) in [4.78, 5) is 5.03. The fourth-order valence-corrected chi connectivity index (χ4v) is 3.21. The molecule has 4 heteroatoms. The van der Waals surface area contributed by atoms with Crippen LogP contribution in [0.4, 0.5) is 0 Å². The molecule has 1 aromatic carbocycles. The van der Waals surface area contributed by atoms with E-state index in [9.17, 15) is 5.11 Å². The molecule has 1 aromatic rings. The van der Waals surface area contributed by atoms with Crippen molar-refractivity contribution in [3.8, 4) is 0 Å². The molecule has 0 spiro atoms. The minimum Gasteiger partial charge on any atom is -0.396 e. The third kappa shape index (κ3) is 5.26. The average molecular weight is 311 g/mol. The monoisotopic (exact) mass is 310 g/mol. The van der Waals surface area contributed by atoms with Crippen LogP contribution in [0.25, 0.3) is 0 Å². The van der Waals surface area contributed by atoms with Gasteiger partial charge in [-0.05, 0) is 30.0 Å². The van der Waals surface area contributed by atoms with Gasteiger partial charge in [0.05, 0.1) is 0 Å². The molecule has 1 N–H and O–H groups in total. The van der Waals surface area contributed by atoms with Gasteiger partial charge in [0.25, 0.3) is 0 Å². The highest BCUT2D eigenvalue weighted by molar-refractivity contribution is 6.30. The van der Waals surface area contributed by atoms with E-state index in [0.29, 0.717) is 12.0 Å². The van der Waals surface area contributed by atoms with Gasteiger partial charge in [-0.25, -0.2) is 0 Å². The highest BCUT2D eigenvalue weighted by atomic mass is 35.5. The lowest BCUT2D eigenvalue weighted by molar-refractivity contribution is 0.0477. The molecule has 0 aliphatic carbocycles. The summed E-state index contributed by atoms with van der Waals surface area (Å²) in [5, 5.41) is 10.1. The Morgan fingerprint density at radius 1 is 1.24 bits per heavy atom. The van der Waals surface area contributed by atoms with Crippen LogP contribution in [0.1, 0.15) is 25.8 Å². The summed E-state index contributed by atoms with van der Waals surface area (Å²) in [6, 6.07) is 8.58. The van der Waals surface area contributed by atoms with Gasteiger partial charge in [0, 0.05) is 50.4 Å². The zero-order valence-electron chi connectivity index (χ0n) is 13.1. The van der Waals surface area contributed by atoms with Crippen molar-refractivity contribution < 1.29 is 5.11 Å². The normalized spacial score (nSPS) is 21.1. The number of hydrogen-bond acceptors (Lipinski definition) is 3. The molecule has 0 aromatic heterocycles. The number of aliphatic hydroxyl groups excluding tert-OH is 1. The molecule has 1 aliphatic rings. The van der Waals surface area contributed by atoms with Crippen molar-refractivity contribution in [2.24, 2.45) is 5.92 Å². The Morgan fingerprint density at radius 2 is 1.95 bits per heavy atom. The topological polar surface area (TPSA) is 26.7 Å². The van der Waals surface area contributed by atoms with Gasteiger partial charge >= 0.3 is 0 Å². The van der Waals surface area contributed by atoms with E-state index in [0.717, 1.165) is 44.2 Å². The first kappa shape index (κ1) is 16.8. The second-order valence-corrected chi connectivity index (χ2v) is 6.85. The summed E-state index contributed by atoms with van der Waals surface area (Å²) in [5.74, 6) is 0.675. The maximum absolute atomic E-state index is 9.32. The Balaban J connectivity index is 1.93. The maximum atomic E-state index is 9.32. The van der Waals surface area contributed by atoms with Crippen LogP contribution in [-0.2, 0) is 6.54 Å². The van der Waals surface area contributed by atoms with Gasteiger partial charge in [0.2, 0.25) is 0 Å². The molecule has 21 heavy (non-hydrogen) atoms. The Morgan fingerprint density at radius 3 is 2.57 bits per heavy atom. The number of nitrogens with zero attached hydrogens (tertiary/aromatic N) is 2. The van der Waals surface area contributed by atoms with E-state index < -0.39 is 0 Å². The molecule has 1 saturated heterocycles. The minimum atomic E-state index is 0.272. The van der Waals surface area contributed by atoms with Crippen molar-refractivity contribution in [3.63, 3.8) is 0 Å². The lowest BCUT2D eigenvalue weighted by Crippen LogP contribution is -2.53. The number of rotatable bonds is 6. The van der Waals surface area contributed by atoms with Gasteiger partial charge in [-0.15, -0.1) is 0 Å². The zero-order chi connectivity index (χ0) is 15.2. The van der Waals surface area contributed by atoms with Gasteiger partial charge in [-0.3, -0.25) is 9.80 Å². The van der Waals surface area contributed by atoms with Crippen molar-refractivity contribution in [1.82, 2.24) is 9.80 Å². The number of hydrogen-bond donors (Lipinski definition) is 1. The molecule has 1 fully saturated rings. The van der Waals surface area contributed by atoms with Crippen molar-refractivity contribution in [3.05, 3.63) is 34.9 Å². The summed E-state index contributed by atoms with van der Waals surface area (Å²) in [6.07, 6.45) is 0.865. The molecule has 118 valence electrons. The van der Waals surface area contributed by atoms with Crippen LogP contribution < -0.4 is 0 Å². The first-order valence-electron chi connectivity index (χ1n) is 7.90. The fourth-order valence-electron chi connectivity index (χ4n) is 3.08. The van der Waals surface area contributed by atoms with E-state index >= 15 is 0 Å². The predicted octanol–water partition coefficient (Wildman–Crippen LogP) is 2.86. The van der Waals surface area contributed by atoms with E-state index in [1.807, 2.05) is 12.1 Å². The van der Waals surface area contributed by atoms with Crippen molar-refractivity contribution in [2.45, 2.75) is 32.9 Å². The second kappa shape index (κ2) is 8.14. The van der Waals surface area contributed by atoms with Gasteiger partial charge in [-0.2, -0.15) is 0 Å². The molecule has 1 heterocycles. The molecular weight excluding hydrogens is 284 g/mol. The lowest BCUT2D eigenvalue weighted by atomic mass is 10.1. The summed E-state index contributed by atoms with van der Waals surface area (Å²) in [7, 11) is 0. The number of aliphatic hydroxyl groups is 1. The van der Waals surface area contributed by atoms with Crippen LogP contribution in [0.5, 0.6) is 0 Å². The molecule has 1 aliphatic heterocycles. The van der Waals surface area contributed by atoms with Gasteiger partial charge in [-0.1, -0.05) is 37.6 Å². The second-order valence-electron chi connectivity index (χ2n) is 6.42. The Bertz CT molecular complexity index is 421. The Labute approximate surface area is 133 Å². The molecule has 0 unspecified atom stereocenters. The van der Waals surface area contributed by atoms with Crippen molar-refractivity contribution in [1.29, 1.82) is 0 Å². The summed E-state index contributed by atoms with van der Waals surface area (Å²) < 4.78 is 0. The molecule has 3 nitrogen and oxygen atoms in total. The van der Waals surface area contributed by atoms with E-state index in [1.54, 1.807) is 0 Å². The largest absolute Gasteiger partial charge is 0.396 e. The number of benzene rings is 1. The predicted molar refractivity (Wildman–Crippen MR) is 88.6 cm³/mol. The highest BCUT2D eigenvalue weighted by Crippen LogP contribution is 2.18. The lowest BCUT2D eigenvalue weighted by Gasteiger charge is -2.42. The molecular formula is C17H27ClN2O. The standard InChI is InChI=1S/C17H27ClN2O/c1-14(2)11-20-9-8-19(13-17(20)7-10-21)12-15-3-5-16(18)6-4-15/h3-6,14,17,21H,7-13H2,1-2H3/t17-/m1/s1. The molecule has 2 rings (SSSR count). The molecule has 0 amide bonds. The highest BCUT2D eigenvalue weighted by Gasteiger charge is 2.26. The molecule has 0 bridgehead atoms. The van der Waals surface area contributed by atoms with Gasteiger partial charge < -0.3 is 5.11 Å². The van der Waals surface area contributed by atoms with Gasteiger partial charge in [0.15, 0.2) is 0 Å². The molecule has 0 radical (unpaired) electrons. The molecule has 1 atom stereocenters. The Kier molecular flexibility index (Phi) is 6.49. The maximum Gasteiger partial charge on any atom is 0.0446 e. The van der Waals surface area contributed by atoms with E-state index in [1.165, 1.54) is 5.56 Å². The smallest absolute Gasteiger partial charge is 0.0446 e. The average Bonchev–Trinajstić information content (AvgIpc) is 2.44. The van der Waals surface area contributed by atoms with Gasteiger partial charge in [0.1, 0.15) is 0 Å². The van der Waals surface area contributed by atoms with Crippen molar-refractivity contribution in [2.75, 3.05) is 32.8 Å². The van der Waals surface area contributed by atoms with Crippen LogP contribution in [0, 0.1) is 5.92 Å². The van der Waals surface area contributed by atoms with Crippen LogP contribution in [0.2, 0.25) is 5.02 Å². The third-order valence-corrected chi connectivity index (χ3v) is 4.32.